The van der Waals surface area contributed by atoms with Crippen LogP contribution in [0.2, 0.25) is 0 Å². The lowest BCUT2D eigenvalue weighted by Crippen LogP contribution is -2.19. The molecule has 1 aromatic rings. The molecule has 1 aromatic carbocycles. The van der Waals surface area contributed by atoms with E-state index in [0.29, 0.717) is 17.0 Å². The Bertz CT molecular complexity index is 343. The van der Waals surface area contributed by atoms with Crippen molar-refractivity contribution in [3.8, 4) is 5.75 Å². The van der Waals surface area contributed by atoms with Gasteiger partial charge in [-0.25, -0.2) is 0 Å². The van der Waals surface area contributed by atoms with Gasteiger partial charge in [-0.1, -0.05) is 0 Å². The second kappa shape index (κ2) is 5.69. The summed E-state index contributed by atoms with van der Waals surface area (Å²) in [6.07, 6.45) is -1.99. The highest BCUT2D eigenvalue weighted by atomic mass is 16.5. The lowest BCUT2D eigenvalue weighted by Gasteiger charge is -2.18. The summed E-state index contributed by atoms with van der Waals surface area (Å²) in [6.45, 7) is -0.183. The van der Waals surface area contributed by atoms with Crippen LogP contribution in [0.1, 0.15) is 18.1 Å². The summed E-state index contributed by atoms with van der Waals surface area (Å²) in [5.41, 5.74) is 6.54. The number of rotatable bonds is 5. The SMILES string of the molecule is COc1cc(N)cc(C(O)C(O)CCO)c1. The number of hydrogen-bond donors (Lipinski definition) is 4. The van der Waals surface area contributed by atoms with Gasteiger partial charge in [0.2, 0.25) is 0 Å². The molecule has 0 saturated heterocycles. The summed E-state index contributed by atoms with van der Waals surface area (Å²) in [4.78, 5) is 0. The number of methoxy groups -OCH3 is 1. The van der Waals surface area contributed by atoms with E-state index in [2.05, 4.69) is 0 Å². The maximum Gasteiger partial charge on any atom is 0.121 e. The third kappa shape index (κ3) is 3.10. The third-order valence-corrected chi connectivity index (χ3v) is 2.32. The molecule has 90 valence electrons. The van der Waals surface area contributed by atoms with Gasteiger partial charge in [0, 0.05) is 18.4 Å². The number of benzene rings is 1. The van der Waals surface area contributed by atoms with Crippen LogP contribution in [-0.4, -0.2) is 35.1 Å². The van der Waals surface area contributed by atoms with Gasteiger partial charge in [-0.3, -0.25) is 0 Å². The molecule has 0 aromatic heterocycles. The summed E-state index contributed by atoms with van der Waals surface area (Å²) in [5, 5.41) is 28.0. The van der Waals surface area contributed by atoms with Crippen LogP contribution in [0, 0.1) is 0 Å². The van der Waals surface area contributed by atoms with Crippen molar-refractivity contribution < 1.29 is 20.1 Å². The first-order valence-electron chi connectivity index (χ1n) is 5.00. The molecule has 5 N–H and O–H groups in total. The highest BCUT2D eigenvalue weighted by Crippen LogP contribution is 2.26. The van der Waals surface area contributed by atoms with E-state index in [-0.39, 0.29) is 13.0 Å². The van der Waals surface area contributed by atoms with E-state index in [1.165, 1.54) is 7.11 Å². The Kier molecular flexibility index (Phi) is 4.54. The van der Waals surface area contributed by atoms with Gasteiger partial charge in [0.15, 0.2) is 0 Å². The summed E-state index contributed by atoms with van der Waals surface area (Å²) in [5.74, 6) is 0.519. The molecule has 2 atom stereocenters. The van der Waals surface area contributed by atoms with E-state index < -0.39 is 12.2 Å². The minimum absolute atomic E-state index is 0.109. The van der Waals surface area contributed by atoms with Crippen LogP contribution in [0.4, 0.5) is 5.69 Å². The number of nitrogen functional groups attached to an aromatic ring is 1. The Morgan fingerprint density at radius 2 is 2.00 bits per heavy atom. The Hall–Kier alpha value is -1.30. The molecule has 2 unspecified atom stereocenters. The second-order valence-electron chi connectivity index (χ2n) is 3.56. The van der Waals surface area contributed by atoms with E-state index in [1.54, 1.807) is 18.2 Å². The number of ether oxygens (including phenoxy) is 1. The van der Waals surface area contributed by atoms with Crippen LogP contribution >= 0.6 is 0 Å². The molecule has 0 spiro atoms. The monoisotopic (exact) mass is 227 g/mol. The second-order valence-corrected chi connectivity index (χ2v) is 3.56. The highest BCUT2D eigenvalue weighted by molar-refractivity contribution is 5.48. The van der Waals surface area contributed by atoms with E-state index in [1.807, 2.05) is 0 Å². The molecule has 0 aliphatic heterocycles. The van der Waals surface area contributed by atoms with Crippen LogP contribution < -0.4 is 10.5 Å². The normalized spacial score (nSPS) is 14.5. The minimum Gasteiger partial charge on any atom is -0.497 e. The van der Waals surface area contributed by atoms with Crippen LogP contribution in [-0.2, 0) is 0 Å². The van der Waals surface area contributed by atoms with Crippen molar-refractivity contribution in [3.63, 3.8) is 0 Å². The van der Waals surface area contributed by atoms with Gasteiger partial charge in [-0.2, -0.15) is 0 Å². The zero-order valence-electron chi connectivity index (χ0n) is 9.13. The van der Waals surface area contributed by atoms with Crippen molar-refractivity contribution in [1.29, 1.82) is 0 Å². The summed E-state index contributed by atoms with van der Waals surface area (Å²) in [6, 6.07) is 4.78. The molecule has 1 rings (SSSR count). The van der Waals surface area contributed by atoms with Gasteiger partial charge in [0.1, 0.15) is 11.9 Å². The highest BCUT2D eigenvalue weighted by Gasteiger charge is 2.18. The zero-order valence-corrected chi connectivity index (χ0v) is 9.13. The maximum atomic E-state index is 9.79. The molecule has 0 saturated carbocycles. The Morgan fingerprint density at radius 1 is 1.31 bits per heavy atom. The molecule has 0 radical (unpaired) electrons. The fourth-order valence-electron chi connectivity index (χ4n) is 1.45. The first kappa shape index (κ1) is 12.8. The predicted molar refractivity (Wildman–Crippen MR) is 60.1 cm³/mol. The predicted octanol–water partition coefficient (Wildman–Crippen LogP) is 0.0541. The van der Waals surface area contributed by atoms with Crippen LogP contribution in [0.15, 0.2) is 18.2 Å². The third-order valence-electron chi connectivity index (χ3n) is 2.32. The van der Waals surface area contributed by atoms with Crippen molar-refractivity contribution in [2.45, 2.75) is 18.6 Å². The largest absolute Gasteiger partial charge is 0.497 e. The molecule has 16 heavy (non-hydrogen) atoms. The summed E-state index contributed by atoms with van der Waals surface area (Å²) in [7, 11) is 1.50. The average molecular weight is 227 g/mol. The van der Waals surface area contributed by atoms with Gasteiger partial charge >= 0.3 is 0 Å². The molecule has 5 nitrogen and oxygen atoms in total. The van der Waals surface area contributed by atoms with E-state index in [4.69, 9.17) is 15.6 Å². The van der Waals surface area contributed by atoms with E-state index in [0.717, 1.165) is 0 Å². The number of aliphatic hydroxyl groups is 3. The van der Waals surface area contributed by atoms with Gasteiger partial charge in [-0.15, -0.1) is 0 Å². The zero-order chi connectivity index (χ0) is 12.1. The van der Waals surface area contributed by atoms with E-state index >= 15 is 0 Å². The van der Waals surface area contributed by atoms with Crippen molar-refractivity contribution in [2.75, 3.05) is 19.5 Å². The fraction of sp³-hybridized carbons (Fsp3) is 0.455. The van der Waals surface area contributed by atoms with Crippen molar-refractivity contribution in [2.24, 2.45) is 0 Å². The molecule has 0 fully saturated rings. The topological polar surface area (TPSA) is 95.9 Å². The Morgan fingerprint density at radius 3 is 2.56 bits per heavy atom. The van der Waals surface area contributed by atoms with Gasteiger partial charge < -0.3 is 25.8 Å². The Labute approximate surface area is 94.1 Å². The quantitative estimate of drug-likeness (QED) is 0.533. The number of hydrogen-bond acceptors (Lipinski definition) is 5. The first-order valence-corrected chi connectivity index (χ1v) is 5.00. The fourth-order valence-corrected chi connectivity index (χ4v) is 1.45. The lowest BCUT2D eigenvalue weighted by atomic mass is 10.0. The first-order chi connectivity index (χ1) is 7.58. The summed E-state index contributed by atoms with van der Waals surface area (Å²) < 4.78 is 5.00. The number of anilines is 1. The minimum atomic E-state index is -1.08. The van der Waals surface area contributed by atoms with Crippen molar-refractivity contribution in [1.82, 2.24) is 0 Å². The summed E-state index contributed by atoms with van der Waals surface area (Å²) >= 11 is 0. The van der Waals surface area contributed by atoms with Crippen molar-refractivity contribution in [3.05, 3.63) is 23.8 Å². The molecule has 0 bridgehead atoms. The van der Waals surface area contributed by atoms with Crippen molar-refractivity contribution >= 4 is 5.69 Å². The molecular formula is C11H17NO4. The Balaban J connectivity index is 2.89. The van der Waals surface area contributed by atoms with Gasteiger partial charge in [0.05, 0.1) is 13.2 Å². The van der Waals surface area contributed by atoms with Crippen LogP contribution in [0.3, 0.4) is 0 Å². The molecular weight excluding hydrogens is 210 g/mol. The van der Waals surface area contributed by atoms with Gasteiger partial charge in [0.25, 0.3) is 0 Å². The molecule has 0 aliphatic rings. The molecule has 0 amide bonds. The number of aliphatic hydroxyl groups excluding tert-OH is 3. The van der Waals surface area contributed by atoms with Crippen LogP contribution in [0.5, 0.6) is 5.75 Å². The molecule has 0 aliphatic carbocycles. The molecule has 5 heteroatoms. The standard InChI is InChI=1S/C11H17NO4/c1-16-9-5-7(4-8(12)6-9)11(15)10(14)2-3-13/h4-6,10-11,13-15H,2-3,12H2,1H3. The van der Waals surface area contributed by atoms with Gasteiger partial charge in [-0.05, 0) is 24.1 Å². The average Bonchev–Trinajstić information content (AvgIpc) is 2.27. The maximum absolute atomic E-state index is 9.79. The lowest BCUT2D eigenvalue weighted by molar-refractivity contribution is 0.00416. The molecule has 0 heterocycles. The number of nitrogens with two attached hydrogens (primary N) is 1. The van der Waals surface area contributed by atoms with E-state index in [9.17, 15) is 10.2 Å². The van der Waals surface area contributed by atoms with Crippen LogP contribution in [0.25, 0.3) is 0 Å². The smallest absolute Gasteiger partial charge is 0.121 e.